The highest BCUT2D eigenvalue weighted by atomic mass is 127. The van der Waals surface area contributed by atoms with Crippen LogP contribution in [-0.2, 0) is 0 Å². The SMILES string of the molecule is OC(O)C12CC3CC(C1)CC(C(I)I)(C3)C2. The smallest absolute Gasteiger partial charge is 0.157 e. The van der Waals surface area contributed by atoms with Crippen LogP contribution >= 0.6 is 45.2 Å². The predicted molar refractivity (Wildman–Crippen MR) is 79.6 cm³/mol. The van der Waals surface area contributed by atoms with E-state index in [-0.39, 0.29) is 5.41 Å². The third kappa shape index (κ3) is 1.69. The van der Waals surface area contributed by atoms with Crippen molar-refractivity contribution in [3.63, 3.8) is 0 Å². The maximum absolute atomic E-state index is 9.76. The van der Waals surface area contributed by atoms with Crippen LogP contribution in [0.3, 0.4) is 0 Å². The Hall–Kier alpha value is 1.38. The summed E-state index contributed by atoms with van der Waals surface area (Å²) in [6.45, 7) is 0. The van der Waals surface area contributed by atoms with E-state index in [4.69, 9.17) is 0 Å². The first kappa shape index (κ1) is 12.4. The van der Waals surface area contributed by atoms with Gasteiger partial charge in [-0.05, 0) is 55.8 Å². The van der Waals surface area contributed by atoms with Gasteiger partial charge >= 0.3 is 0 Å². The van der Waals surface area contributed by atoms with E-state index in [0.717, 1.165) is 31.1 Å². The molecule has 4 heteroatoms. The second kappa shape index (κ2) is 3.93. The molecule has 16 heavy (non-hydrogen) atoms. The lowest BCUT2D eigenvalue weighted by Crippen LogP contribution is -2.57. The summed E-state index contributed by atoms with van der Waals surface area (Å²) in [6, 6.07) is 0. The minimum Gasteiger partial charge on any atom is -0.368 e. The van der Waals surface area contributed by atoms with Crippen molar-refractivity contribution in [2.75, 3.05) is 0 Å². The minimum atomic E-state index is -1.09. The molecule has 2 unspecified atom stereocenters. The lowest BCUT2D eigenvalue weighted by molar-refractivity contribution is -0.220. The zero-order chi connectivity index (χ0) is 11.6. The fourth-order valence-electron chi connectivity index (χ4n) is 4.96. The summed E-state index contributed by atoms with van der Waals surface area (Å²) in [7, 11) is 0. The van der Waals surface area contributed by atoms with Gasteiger partial charge in [0.15, 0.2) is 6.29 Å². The van der Waals surface area contributed by atoms with Crippen molar-refractivity contribution >= 4 is 45.2 Å². The van der Waals surface area contributed by atoms with Gasteiger partial charge in [-0.3, -0.25) is 0 Å². The van der Waals surface area contributed by atoms with Gasteiger partial charge in [0.2, 0.25) is 0 Å². The highest BCUT2D eigenvalue weighted by Crippen LogP contribution is 2.68. The van der Waals surface area contributed by atoms with Gasteiger partial charge in [-0.25, -0.2) is 0 Å². The number of hydrogen-bond donors (Lipinski definition) is 2. The number of rotatable bonds is 2. The third-order valence-corrected chi connectivity index (χ3v) is 7.80. The van der Waals surface area contributed by atoms with Gasteiger partial charge in [0.25, 0.3) is 0 Å². The Morgan fingerprint density at radius 3 is 1.88 bits per heavy atom. The first-order valence-electron chi connectivity index (χ1n) is 6.10. The van der Waals surface area contributed by atoms with Crippen LogP contribution in [0.4, 0.5) is 0 Å². The van der Waals surface area contributed by atoms with Crippen molar-refractivity contribution in [2.24, 2.45) is 22.7 Å². The molecule has 0 aromatic carbocycles. The normalized spacial score (nSPS) is 50.6. The summed E-state index contributed by atoms with van der Waals surface area (Å²) in [5.41, 5.74) is 0.244. The van der Waals surface area contributed by atoms with Gasteiger partial charge in [-0.15, -0.1) is 0 Å². The van der Waals surface area contributed by atoms with Crippen molar-refractivity contribution in [3.8, 4) is 0 Å². The van der Waals surface area contributed by atoms with Crippen molar-refractivity contribution in [2.45, 2.75) is 46.7 Å². The second-order valence-electron chi connectivity index (χ2n) is 6.36. The van der Waals surface area contributed by atoms with Crippen molar-refractivity contribution in [3.05, 3.63) is 0 Å². The van der Waals surface area contributed by atoms with Gasteiger partial charge in [0.05, 0.1) is 1.93 Å². The molecule has 4 rings (SSSR count). The van der Waals surface area contributed by atoms with Crippen LogP contribution in [0.1, 0.15) is 38.5 Å². The van der Waals surface area contributed by atoms with Gasteiger partial charge in [-0.2, -0.15) is 0 Å². The molecule has 2 N–H and O–H groups in total. The maximum atomic E-state index is 9.76. The fraction of sp³-hybridized carbons (Fsp3) is 1.00. The van der Waals surface area contributed by atoms with Crippen LogP contribution in [0.25, 0.3) is 0 Å². The Bertz CT molecular complexity index is 263. The number of aliphatic hydroxyl groups is 2. The molecule has 0 heterocycles. The molecule has 92 valence electrons. The molecule has 4 aliphatic carbocycles. The lowest BCUT2D eigenvalue weighted by atomic mass is 9.44. The summed E-state index contributed by atoms with van der Waals surface area (Å²) in [5, 5.41) is 19.5. The zero-order valence-electron chi connectivity index (χ0n) is 9.20. The first-order chi connectivity index (χ1) is 7.46. The van der Waals surface area contributed by atoms with Crippen LogP contribution in [-0.4, -0.2) is 18.4 Å². The van der Waals surface area contributed by atoms with E-state index in [0.29, 0.717) is 7.35 Å². The molecule has 0 amide bonds. The lowest BCUT2D eigenvalue weighted by Gasteiger charge is -2.63. The van der Waals surface area contributed by atoms with Crippen molar-refractivity contribution in [1.82, 2.24) is 0 Å². The Labute approximate surface area is 124 Å². The van der Waals surface area contributed by atoms with Crippen molar-refractivity contribution < 1.29 is 10.2 Å². The average molecular weight is 448 g/mol. The van der Waals surface area contributed by atoms with Gasteiger partial charge in [0.1, 0.15) is 0 Å². The van der Waals surface area contributed by atoms with Crippen molar-refractivity contribution in [1.29, 1.82) is 0 Å². The Morgan fingerprint density at radius 2 is 1.44 bits per heavy atom. The molecular formula is C12H18I2O2. The molecule has 0 radical (unpaired) electrons. The largest absolute Gasteiger partial charge is 0.368 e. The number of halogens is 2. The van der Waals surface area contributed by atoms with Gasteiger partial charge in [0, 0.05) is 5.41 Å². The molecule has 0 aromatic rings. The number of alkyl halides is 2. The van der Waals surface area contributed by atoms with E-state index in [1.54, 1.807) is 0 Å². The second-order valence-corrected chi connectivity index (χ2v) is 11.2. The summed E-state index contributed by atoms with van der Waals surface area (Å²) >= 11 is 5.08. The zero-order valence-corrected chi connectivity index (χ0v) is 13.5. The van der Waals surface area contributed by atoms with E-state index in [1.807, 2.05) is 0 Å². The van der Waals surface area contributed by atoms with E-state index in [1.165, 1.54) is 19.3 Å². The number of aliphatic hydroxyl groups excluding tert-OH is 1. The first-order valence-corrected chi connectivity index (χ1v) is 8.59. The summed E-state index contributed by atoms with van der Waals surface area (Å²) in [6.07, 6.45) is 6.07. The molecule has 4 fully saturated rings. The van der Waals surface area contributed by atoms with E-state index in [9.17, 15) is 10.2 Å². The molecule has 4 bridgehead atoms. The van der Waals surface area contributed by atoms with Gasteiger partial charge < -0.3 is 10.2 Å². The quantitative estimate of drug-likeness (QED) is 0.388. The summed E-state index contributed by atoms with van der Waals surface area (Å²) < 4.78 is 0.631. The predicted octanol–water partition coefficient (Wildman–Crippen LogP) is 3.08. The minimum absolute atomic E-state index is 0.154. The van der Waals surface area contributed by atoms with Crippen LogP contribution in [0, 0.1) is 22.7 Å². The topological polar surface area (TPSA) is 40.5 Å². The van der Waals surface area contributed by atoms with E-state index in [2.05, 4.69) is 45.2 Å². The Balaban J connectivity index is 1.97. The molecule has 0 saturated heterocycles. The maximum Gasteiger partial charge on any atom is 0.157 e. The van der Waals surface area contributed by atoms with Crippen LogP contribution in [0.15, 0.2) is 0 Å². The van der Waals surface area contributed by atoms with Crippen LogP contribution in [0.5, 0.6) is 0 Å². The summed E-state index contributed by atoms with van der Waals surface area (Å²) in [4.78, 5) is 0. The molecule has 2 nitrogen and oxygen atoms in total. The monoisotopic (exact) mass is 448 g/mol. The molecule has 4 aliphatic rings. The highest BCUT2D eigenvalue weighted by molar-refractivity contribution is 14.2. The van der Waals surface area contributed by atoms with E-state index >= 15 is 0 Å². The molecular weight excluding hydrogens is 430 g/mol. The fourth-order valence-corrected chi connectivity index (χ4v) is 6.42. The highest BCUT2D eigenvalue weighted by Gasteiger charge is 2.61. The average Bonchev–Trinajstić information content (AvgIpc) is 2.14. The van der Waals surface area contributed by atoms with Gasteiger partial charge in [-0.1, -0.05) is 45.2 Å². The molecule has 0 aromatic heterocycles. The Morgan fingerprint density at radius 1 is 0.938 bits per heavy atom. The Kier molecular flexibility index (Phi) is 3.05. The standard InChI is InChI=1S/C12H18I2O2/c13-9(14)11-2-7-1-8(3-11)5-12(4-7,6-11)10(15)16/h7-10,15-16H,1-6H2. The van der Waals surface area contributed by atoms with Crippen LogP contribution in [0.2, 0.25) is 0 Å². The summed E-state index contributed by atoms with van der Waals surface area (Å²) in [5.74, 6) is 1.52. The third-order valence-electron chi connectivity index (χ3n) is 5.16. The molecule has 0 spiro atoms. The number of hydrogen-bond acceptors (Lipinski definition) is 2. The molecule has 4 saturated carbocycles. The van der Waals surface area contributed by atoms with Crippen LogP contribution < -0.4 is 0 Å². The van der Waals surface area contributed by atoms with E-state index < -0.39 is 6.29 Å². The molecule has 0 aliphatic heterocycles. The molecule has 2 atom stereocenters.